The molecular formula is C12H24N4O. The van der Waals surface area contributed by atoms with Crippen molar-refractivity contribution in [2.75, 3.05) is 52.9 Å². The van der Waals surface area contributed by atoms with Crippen molar-refractivity contribution in [1.82, 2.24) is 20.4 Å². The van der Waals surface area contributed by atoms with Gasteiger partial charge in [0.15, 0.2) is 0 Å². The molecule has 2 aliphatic heterocycles. The van der Waals surface area contributed by atoms with Gasteiger partial charge in [-0.1, -0.05) is 0 Å². The molecular weight excluding hydrogens is 216 g/mol. The molecule has 0 aliphatic carbocycles. The molecule has 0 unspecified atom stereocenters. The summed E-state index contributed by atoms with van der Waals surface area (Å²) in [5, 5.41) is 6.08. The summed E-state index contributed by atoms with van der Waals surface area (Å²) in [4.78, 5) is 15.9. The lowest BCUT2D eigenvalue weighted by molar-refractivity contribution is 0.141. The molecule has 0 saturated carbocycles. The number of hydrogen-bond donors (Lipinski definition) is 2. The van der Waals surface area contributed by atoms with E-state index in [-0.39, 0.29) is 6.03 Å². The van der Waals surface area contributed by atoms with Crippen molar-refractivity contribution in [1.29, 1.82) is 0 Å². The number of piperidine rings is 1. The van der Waals surface area contributed by atoms with Crippen molar-refractivity contribution in [3.8, 4) is 0 Å². The first-order valence-corrected chi connectivity index (χ1v) is 6.69. The van der Waals surface area contributed by atoms with E-state index < -0.39 is 0 Å². The van der Waals surface area contributed by atoms with E-state index >= 15 is 0 Å². The second kappa shape index (κ2) is 6.21. The highest BCUT2D eigenvalue weighted by Crippen LogP contribution is 2.18. The Hall–Kier alpha value is -0.810. The Morgan fingerprint density at radius 2 is 1.88 bits per heavy atom. The fourth-order valence-electron chi connectivity index (χ4n) is 2.74. The maximum absolute atomic E-state index is 11.5. The van der Waals surface area contributed by atoms with Crippen molar-refractivity contribution in [2.45, 2.75) is 12.8 Å². The SMILES string of the molecule is CNC(=O)N1CCC(CN2CCNCC2)CC1. The molecule has 2 N–H and O–H groups in total. The number of nitrogens with zero attached hydrogens (tertiary/aromatic N) is 2. The number of urea groups is 1. The third-order valence-electron chi connectivity index (χ3n) is 3.84. The molecule has 2 amide bonds. The molecule has 5 nitrogen and oxygen atoms in total. The van der Waals surface area contributed by atoms with Gasteiger partial charge in [-0.15, -0.1) is 0 Å². The van der Waals surface area contributed by atoms with Crippen LogP contribution in [0.15, 0.2) is 0 Å². The molecule has 2 saturated heterocycles. The lowest BCUT2D eigenvalue weighted by atomic mass is 9.96. The molecule has 2 aliphatic rings. The summed E-state index contributed by atoms with van der Waals surface area (Å²) in [6, 6.07) is 0.0747. The van der Waals surface area contributed by atoms with Crippen LogP contribution in [0.1, 0.15) is 12.8 Å². The van der Waals surface area contributed by atoms with E-state index in [4.69, 9.17) is 0 Å². The summed E-state index contributed by atoms with van der Waals surface area (Å²) < 4.78 is 0. The average molecular weight is 240 g/mol. The Balaban J connectivity index is 1.69. The molecule has 5 heteroatoms. The summed E-state index contributed by atoms with van der Waals surface area (Å²) in [7, 11) is 1.70. The molecule has 0 aromatic carbocycles. The molecule has 0 atom stereocenters. The zero-order chi connectivity index (χ0) is 12.1. The maximum atomic E-state index is 11.5. The van der Waals surface area contributed by atoms with Crippen LogP contribution in [0, 0.1) is 5.92 Å². The number of carbonyl (C=O) groups is 1. The van der Waals surface area contributed by atoms with Crippen molar-refractivity contribution in [3.63, 3.8) is 0 Å². The minimum atomic E-state index is 0.0747. The van der Waals surface area contributed by atoms with Gasteiger partial charge in [-0.3, -0.25) is 0 Å². The van der Waals surface area contributed by atoms with E-state index in [1.165, 1.54) is 19.6 Å². The quantitative estimate of drug-likeness (QED) is 0.711. The maximum Gasteiger partial charge on any atom is 0.317 e. The first kappa shape index (κ1) is 12.6. The first-order chi connectivity index (χ1) is 8.29. The minimum Gasteiger partial charge on any atom is -0.341 e. The molecule has 2 heterocycles. The first-order valence-electron chi connectivity index (χ1n) is 6.69. The van der Waals surface area contributed by atoms with Gasteiger partial charge in [-0.2, -0.15) is 0 Å². The van der Waals surface area contributed by atoms with Gasteiger partial charge in [0.05, 0.1) is 0 Å². The van der Waals surface area contributed by atoms with E-state index in [2.05, 4.69) is 15.5 Å². The number of piperazine rings is 1. The fraction of sp³-hybridized carbons (Fsp3) is 0.917. The smallest absolute Gasteiger partial charge is 0.317 e. The van der Waals surface area contributed by atoms with Crippen molar-refractivity contribution >= 4 is 6.03 Å². The van der Waals surface area contributed by atoms with Crippen molar-refractivity contribution in [2.24, 2.45) is 5.92 Å². The molecule has 0 spiro atoms. The van der Waals surface area contributed by atoms with Gasteiger partial charge in [-0.05, 0) is 18.8 Å². The number of rotatable bonds is 2. The standard InChI is InChI=1S/C12H24N4O/c1-13-12(17)16-6-2-11(3-7-16)10-15-8-4-14-5-9-15/h11,14H,2-10H2,1H3,(H,13,17). The second-order valence-electron chi connectivity index (χ2n) is 5.04. The van der Waals surface area contributed by atoms with Crippen molar-refractivity contribution < 1.29 is 4.79 Å². The van der Waals surface area contributed by atoms with Crippen LogP contribution in [0.3, 0.4) is 0 Å². The monoisotopic (exact) mass is 240 g/mol. The summed E-state index contributed by atoms with van der Waals surface area (Å²) in [5.41, 5.74) is 0. The molecule has 0 radical (unpaired) electrons. The third kappa shape index (κ3) is 3.57. The van der Waals surface area contributed by atoms with Crippen LogP contribution >= 0.6 is 0 Å². The molecule has 2 fully saturated rings. The highest BCUT2D eigenvalue weighted by Gasteiger charge is 2.24. The van der Waals surface area contributed by atoms with Crippen LogP contribution in [-0.4, -0.2) is 68.7 Å². The number of amides is 2. The van der Waals surface area contributed by atoms with Gasteiger partial charge in [0, 0.05) is 52.9 Å². The molecule has 2 rings (SSSR count). The summed E-state index contributed by atoms with van der Waals surface area (Å²) in [6.07, 6.45) is 2.30. The Morgan fingerprint density at radius 1 is 1.24 bits per heavy atom. The van der Waals surface area contributed by atoms with Gasteiger partial charge in [0.25, 0.3) is 0 Å². The van der Waals surface area contributed by atoms with Crippen molar-refractivity contribution in [3.05, 3.63) is 0 Å². The van der Waals surface area contributed by atoms with Crippen LogP contribution < -0.4 is 10.6 Å². The number of likely N-dealkylation sites (tertiary alicyclic amines) is 1. The van der Waals surface area contributed by atoms with Gasteiger partial charge in [0.1, 0.15) is 0 Å². The van der Waals surface area contributed by atoms with Crippen LogP contribution in [0.4, 0.5) is 4.79 Å². The van der Waals surface area contributed by atoms with E-state index in [0.717, 1.165) is 44.9 Å². The van der Waals surface area contributed by atoms with E-state index in [9.17, 15) is 4.79 Å². The topological polar surface area (TPSA) is 47.6 Å². The lowest BCUT2D eigenvalue weighted by Gasteiger charge is -2.36. The van der Waals surface area contributed by atoms with Crippen LogP contribution in [-0.2, 0) is 0 Å². The molecule has 98 valence electrons. The number of carbonyl (C=O) groups excluding carboxylic acids is 1. The van der Waals surface area contributed by atoms with E-state index in [0.29, 0.717) is 0 Å². The van der Waals surface area contributed by atoms with Gasteiger partial charge < -0.3 is 20.4 Å². The Kier molecular flexibility index (Phi) is 4.62. The molecule has 0 aromatic rings. The lowest BCUT2D eigenvalue weighted by Crippen LogP contribution is -2.48. The average Bonchev–Trinajstić information content (AvgIpc) is 2.40. The van der Waals surface area contributed by atoms with Crippen LogP contribution in [0.5, 0.6) is 0 Å². The number of nitrogens with one attached hydrogen (secondary N) is 2. The Bertz CT molecular complexity index is 245. The zero-order valence-corrected chi connectivity index (χ0v) is 10.7. The normalized spacial score (nSPS) is 23.7. The van der Waals surface area contributed by atoms with E-state index in [1.807, 2.05) is 4.90 Å². The molecule has 17 heavy (non-hydrogen) atoms. The Morgan fingerprint density at radius 3 is 2.47 bits per heavy atom. The van der Waals surface area contributed by atoms with Gasteiger partial charge in [-0.25, -0.2) is 4.79 Å². The Labute approximate surface area is 104 Å². The fourth-order valence-corrected chi connectivity index (χ4v) is 2.74. The minimum absolute atomic E-state index is 0.0747. The number of hydrogen-bond acceptors (Lipinski definition) is 3. The summed E-state index contributed by atoms with van der Waals surface area (Å²) in [6.45, 7) is 7.63. The molecule has 0 aromatic heterocycles. The summed E-state index contributed by atoms with van der Waals surface area (Å²) >= 11 is 0. The van der Waals surface area contributed by atoms with Gasteiger partial charge >= 0.3 is 6.03 Å². The zero-order valence-electron chi connectivity index (χ0n) is 10.7. The summed E-state index contributed by atoms with van der Waals surface area (Å²) in [5.74, 6) is 0.772. The third-order valence-corrected chi connectivity index (χ3v) is 3.84. The van der Waals surface area contributed by atoms with Crippen LogP contribution in [0.25, 0.3) is 0 Å². The predicted molar refractivity (Wildman–Crippen MR) is 68.1 cm³/mol. The predicted octanol–water partition coefficient (Wildman–Crippen LogP) is -0.0570. The van der Waals surface area contributed by atoms with E-state index in [1.54, 1.807) is 7.05 Å². The largest absolute Gasteiger partial charge is 0.341 e. The highest BCUT2D eigenvalue weighted by atomic mass is 16.2. The van der Waals surface area contributed by atoms with Crippen LogP contribution in [0.2, 0.25) is 0 Å². The second-order valence-corrected chi connectivity index (χ2v) is 5.04. The van der Waals surface area contributed by atoms with Gasteiger partial charge in [0.2, 0.25) is 0 Å². The highest BCUT2D eigenvalue weighted by molar-refractivity contribution is 5.73. The molecule has 0 bridgehead atoms.